The molecule has 3 fully saturated rings. The first-order valence-corrected chi connectivity index (χ1v) is 13.3. The molecule has 176 valence electrons. The minimum Gasteiger partial charge on any atom is -0.474 e. The van der Waals surface area contributed by atoms with Gasteiger partial charge in [0.15, 0.2) is 4.88 Å². The van der Waals surface area contributed by atoms with E-state index in [1.807, 2.05) is 11.8 Å². The van der Waals surface area contributed by atoms with E-state index in [1.54, 1.807) is 0 Å². The summed E-state index contributed by atoms with van der Waals surface area (Å²) in [5, 5.41) is 0.619. The Labute approximate surface area is 194 Å². The minimum absolute atomic E-state index is 0.0271. The van der Waals surface area contributed by atoms with Gasteiger partial charge in [-0.3, -0.25) is 4.79 Å². The summed E-state index contributed by atoms with van der Waals surface area (Å²) < 4.78 is 60.2. The zero-order valence-corrected chi connectivity index (χ0v) is 19.5. The third-order valence-corrected chi connectivity index (χ3v) is 10.2. The monoisotopic (exact) mass is 495 g/mol. The summed E-state index contributed by atoms with van der Waals surface area (Å²) in [4.78, 5) is 19.7. The van der Waals surface area contributed by atoms with Gasteiger partial charge >= 0.3 is 0 Å². The van der Waals surface area contributed by atoms with Crippen LogP contribution in [0.5, 0.6) is 5.88 Å². The maximum atomic E-state index is 14.0. The smallest absolute Gasteiger partial charge is 0.270 e. The van der Waals surface area contributed by atoms with Crippen molar-refractivity contribution in [2.75, 3.05) is 19.7 Å². The van der Waals surface area contributed by atoms with Crippen LogP contribution in [-0.2, 0) is 10.0 Å². The quantitative estimate of drug-likeness (QED) is 0.651. The van der Waals surface area contributed by atoms with E-state index >= 15 is 0 Å². The Kier molecular flexibility index (Phi) is 4.67. The van der Waals surface area contributed by atoms with Crippen LogP contribution < -0.4 is 4.74 Å². The van der Waals surface area contributed by atoms with Gasteiger partial charge in [0, 0.05) is 30.5 Å². The van der Waals surface area contributed by atoms with Gasteiger partial charge < -0.3 is 9.64 Å². The zero-order valence-electron chi connectivity index (χ0n) is 17.9. The molecule has 3 heterocycles. The third-order valence-electron chi connectivity index (χ3n) is 7.22. The van der Waals surface area contributed by atoms with E-state index in [0.717, 1.165) is 6.07 Å². The number of carbonyl (C=O) groups excluding carboxylic acids is 1. The zero-order chi connectivity index (χ0) is 23.1. The molecule has 1 aromatic heterocycles. The largest absolute Gasteiger partial charge is 0.474 e. The number of benzene rings is 1. The number of fused-ring (bicyclic) bond motifs is 1. The average molecular weight is 496 g/mol. The van der Waals surface area contributed by atoms with Crippen LogP contribution in [-0.4, -0.2) is 66.5 Å². The maximum absolute atomic E-state index is 14.0. The highest BCUT2D eigenvalue weighted by Gasteiger charge is 2.58. The van der Waals surface area contributed by atoms with Crippen molar-refractivity contribution in [1.82, 2.24) is 14.2 Å². The Morgan fingerprint density at radius 2 is 1.94 bits per heavy atom. The fourth-order valence-electron chi connectivity index (χ4n) is 5.32. The lowest BCUT2D eigenvalue weighted by Gasteiger charge is -2.60. The number of nitrogens with zero attached hydrogens (tertiary/aromatic N) is 3. The number of carbonyl (C=O) groups is 1. The molecule has 1 spiro atoms. The molecule has 33 heavy (non-hydrogen) atoms. The van der Waals surface area contributed by atoms with Gasteiger partial charge in [-0.15, -0.1) is 11.3 Å². The molecule has 4 aliphatic rings. The van der Waals surface area contributed by atoms with E-state index in [1.165, 1.54) is 33.8 Å². The molecule has 0 unspecified atom stereocenters. The molecule has 1 aromatic carbocycles. The first-order chi connectivity index (χ1) is 15.7. The average Bonchev–Trinajstić information content (AvgIpc) is 3.31. The first-order valence-electron chi connectivity index (χ1n) is 11.0. The number of sulfonamides is 1. The van der Waals surface area contributed by atoms with Crippen LogP contribution in [0.2, 0.25) is 0 Å². The van der Waals surface area contributed by atoms with Gasteiger partial charge in [0.1, 0.15) is 28.5 Å². The van der Waals surface area contributed by atoms with E-state index in [9.17, 15) is 22.0 Å². The molecule has 2 aromatic rings. The minimum atomic E-state index is -3.87. The number of halogens is 2. The van der Waals surface area contributed by atoms with Gasteiger partial charge in [-0.05, 0) is 38.3 Å². The molecule has 11 heteroatoms. The van der Waals surface area contributed by atoms with Crippen molar-refractivity contribution in [1.29, 1.82) is 0 Å². The second kappa shape index (κ2) is 7.19. The van der Waals surface area contributed by atoms with Crippen molar-refractivity contribution in [3.63, 3.8) is 0 Å². The summed E-state index contributed by atoms with van der Waals surface area (Å²) in [5.41, 5.74) is -0.187. The van der Waals surface area contributed by atoms with Crippen LogP contribution in [0.4, 0.5) is 8.78 Å². The van der Waals surface area contributed by atoms with E-state index in [-0.39, 0.29) is 34.2 Å². The Balaban J connectivity index is 1.15. The molecule has 1 saturated heterocycles. The molecule has 0 bridgehead atoms. The lowest BCUT2D eigenvalue weighted by atomic mass is 9.61. The summed E-state index contributed by atoms with van der Waals surface area (Å²) in [6.45, 7) is 2.88. The van der Waals surface area contributed by atoms with E-state index < -0.39 is 22.0 Å². The Bertz CT molecular complexity index is 1240. The van der Waals surface area contributed by atoms with Gasteiger partial charge in [0.05, 0.1) is 6.04 Å². The van der Waals surface area contributed by atoms with E-state index in [0.29, 0.717) is 54.7 Å². The molecule has 2 aliphatic heterocycles. The summed E-state index contributed by atoms with van der Waals surface area (Å²) >= 11 is 1.22. The SMILES string of the molecule is C[C@@H]1COc2nc([C@@H]3C[C@H]3F)sc2C(=O)N1C1CC2(C1)CN(S(=O)(=O)c1ccccc1F)C2. The number of hydrogen-bond donors (Lipinski definition) is 0. The van der Waals surface area contributed by atoms with Crippen molar-refractivity contribution in [3.05, 3.63) is 40.0 Å². The molecular weight excluding hydrogens is 472 g/mol. The fourth-order valence-corrected chi connectivity index (χ4v) is 8.16. The molecule has 6 rings (SSSR count). The van der Waals surface area contributed by atoms with Crippen molar-refractivity contribution in [2.24, 2.45) is 5.41 Å². The summed E-state index contributed by atoms with van der Waals surface area (Å²) in [6, 6.07) is 5.22. The van der Waals surface area contributed by atoms with Crippen LogP contribution in [0, 0.1) is 11.2 Å². The predicted octanol–water partition coefficient (Wildman–Crippen LogP) is 3.18. The Morgan fingerprint density at radius 3 is 2.61 bits per heavy atom. The second-order valence-electron chi connectivity index (χ2n) is 9.68. The van der Waals surface area contributed by atoms with Gasteiger partial charge in [-0.2, -0.15) is 4.31 Å². The van der Waals surface area contributed by atoms with E-state index in [2.05, 4.69) is 4.98 Å². The second-order valence-corrected chi connectivity index (χ2v) is 12.6. The predicted molar refractivity (Wildman–Crippen MR) is 116 cm³/mol. The Morgan fingerprint density at radius 1 is 1.24 bits per heavy atom. The van der Waals surface area contributed by atoms with Crippen molar-refractivity contribution in [3.8, 4) is 5.88 Å². The van der Waals surface area contributed by atoms with Gasteiger partial charge in [0.2, 0.25) is 15.9 Å². The number of ether oxygens (including phenoxy) is 1. The molecule has 7 nitrogen and oxygen atoms in total. The highest BCUT2D eigenvalue weighted by molar-refractivity contribution is 7.89. The van der Waals surface area contributed by atoms with Crippen molar-refractivity contribution >= 4 is 27.3 Å². The normalized spacial score (nSPS) is 29.1. The van der Waals surface area contributed by atoms with Crippen LogP contribution in [0.15, 0.2) is 29.2 Å². The number of alkyl halides is 1. The third kappa shape index (κ3) is 3.30. The van der Waals surface area contributed by atoms with Gasteiger partial charge in [0.25, 0.3) is 5.91 Å². The lowest BCUT2D eigenvalue weighted by molar-refractivity contribution is -0.0755. The topological polar surface area (TPSA) is 79.8 Å². The highest BCUT2D eigenvalue weighted by Crippen LogP contribution is 2.53. The molecular formula is C22H23F2N3O4S2. The number of thiazole rings is 1. The molecule has 3 atom stereocenters. The summed E-state index contributed by atoms with van der Waals surface area (Å²) in [5.74, 6) is -0.828. The number of rotatable bonds is 4. The van der Waals surface area contributed by atoms with Crippen molar-refractivity contribution in [2.45, 2.75) is 55.3 Å². The fraction of sp³-hybridized carbons (Fsp3) is 0.545. The number of hydrogen-bond acceptors (Lipinski definition) is 6. The van der Waals surface area contributed by atoms with Gasteiger partial charge in [-0.1, -0.05) is 12.1 Å². The van der Waals surface area contributed by atoms with E-state index in [4.69, 9.17) is 4.74 Å². The van der Waals surface area contributed by atoms with Crippen LogP contribution in [0.3, 0.4) is 0 Å². The summed E-state index contributed by atoms with van der Waals surface area (Å²) in [6.07, 6.45) is 0.919. The van der Waals surface area contributed by atoms with Gasteiger partial charge in [-0.25, -0.2) is 22.2 Å². The molecule has 2 aliphatic carbocycles. The van der Waals surface area contributed by atoms with Crippen molar-refractivity contribution < 1.29 is 26.7 Å². The standard InChI is InChI=1S/C22H23F2N3O4S2/c1-12-9-31-19-18(32-20(25-19)14-6-16(14)24)21(28)27(12)13-7-22(8-13)10-26(11-22)33(29,30)17-5-3-2-4-15(17)23/h2-5,12-14,16H,6-11H2,1H3/t12-,14-,16-/m1/s1. The molecule has 0 N–H and O–H groups in total. The number of amides is 1. The number of aromatic nitrogens is 1. The Hall–Kier alpha value is -2.11. The van der Waals surface area contributed by atoms with Crippen LogP contribution >= 0.6 is 11.3 Å². The molecule has 0 radical (unpaired) electrons. The molecule has 2 saturated carbocycles. The summed E-state index contributed by atoms with van der Waals surface area (Å²) in [7, 11) is -3.87. The molecule has 1 amide bonds. The van der Waals surface area contributed by atoms with Crippen LogP contribution in [0.1, 0.15) is 46.8 Å². The maximum Gasteiger partial charge on any atom is 0.270 e. The first kappa shape index (κ1) is 21.4. The highest BCUT2D eigenvalue weighted by atomic mass is 32.2. The van der Waals surface area contributed by atoms with Crippen LogP contribution in [0.25, 0.3) is 0 Å². The lowest BCUT2D eigenvalue weighted by Crippen LogP contribution is -2.68.